The molecular weight excluding hydrogens is 238 g/mol. The van der Waals surface area contributed by atoms with Crippen LogP contribution in [0.3, 0.4) is 0 Å². The Balaban J connectivity index is 2.89. The van der Waals surface area contributed by atoms with E-state index in [1.165, 1.54) is 0 Å². The van der Waals surface area contributed by atoms with Crippen molar-refractivity contribution in [1.82, 2.24) is 5.32 Å². The van der Waals surface area contributed by atoms with Crippen molar-refractivity contribution in [2.45, 2.75) is 32.9 Å². The van der Waals surface area contributed by atoms with E-state index in [1.807, 2.05) is 26.0 Å². The van der Waals surface area contributed by atoms with Crippen LogP contribution in [0.2, 0.25) is 5.02 Å². The summed E-state index contributed by atoms with van der Waals surface area (Å²) in [6, 6.07) is 6.96. The Morgan fingerprint density at radius 1 is 1.35 bits per heavy atom. The fraction of sp³-hybridized carbons (Fsp3) is 0.462. The van der Waals surface area contributed by atoms with E-state index in [0.29, 0.717) is 11.6 Å². The summed E-state index contributed by atoms with van der Waals surface area (Å²) >= 11 is 5.83. The first-order chi connectivity index (χ1) is 8.04. The molecule has 1 aromatic carbocycles. The molecule has 0 aliphatic rings. The first kappa shape index (κ1) is 14.0. The van der Waals surface area contributed by atoms with Gasteiger partial charge in [0.25, 0.3) is 0 Å². The second-order valence-electron chi connectivity index (χ2n) is 4.06. The molecule has 0 aromatic heterocycles. The average molecular weight is 256 g/mol. The maximum Gasteiger partial charge on any atom is 0.327 e. The molecule has 0 fully saturated rings. The quantitative estimate of drug-likeness (QED) is 0.822. The van der Waals surface area contributed by atoms with Gasteiger partial charge in [0.1, 0.15) is 6.04 Å². The van der Waals surface area contributed by atoms with Gasteiger partial charge in [0, 0.05) is 11.1 Å². The number of halogens is 1. The number of carbonyl (C=O) groups excluding carboxylic acids is 1. The second kappa shape index (κ2) is 6.62. The molecule has 0 spiro atoms. The van der Waals surface area contributed by atoms with Crippen molar-refractivity contribution in [2.24, 2.45) is 0 Å². The Labute approximate surface area is 107 Å². The molecule has 0 aliphatic carbocycles. The van der Waals surface area contributed by atoms with Crippen LogP contribution in [-0.2, 0) is 9.53 Å². The van der Waals surface area contributed by atoms with Crippen molar-refractivity contribution in [3.05, 3.63) is 34.9 Å². The van der Waals surface area contributed by atoms with E-state index in [1.54, 1.807) is 19.1 Å². The molecule has 0 saturated carbocycles. The topological polar surface area (TPSA) is 38.3 Å². The summed E-state index contributed by atoms with van der Waals surface area (Å²) in [5.74, 6) is -0.261. The molecule has 94 valence electrons. The van der Waals surface area contributed by atoms with Gasteiger partial charge in [0.2, 0.25) is 0 Å². The van der Waals surface area contributed by atoms with Crippen LogP contribution < -0.4 is 5.32 Å². The van der Waals surface area contributed by atoms with Gasteiger partial charge in [-0.15, -0.1) is 0 Å². The molecule has 1 atom stereocenters. The Morgan fingerprint density at radius 3 is 2.41 bits per heavy atom. The zero-order valence-electron chi connectivity index (χ0n) is 10.4. The number of benzene rings is 1. The summed E-state index contributed by atoms with van der Waals surface area (Å²) in [4.78, 5) is 11.8. The number of hydrogen-bond donors (Lipinski definition) is 1. The summed E-state index contributed by atoms with van der Waals surface area (Å²) in [6.07, 6.45) is 0. The van der Waals surface area contributed by atoms with Gasteiger partial charge >= 0.3 is 5.97 Å². The maximum absolute atomic E-state index is 11.8. The molecule has 0 amide bonds. The van der Waals surface area contributed by atoms with Gasteiger partial charge in [0.05, 0.1) is 6.61 Å². The van der Waals surface area contributed by atoms with Gasteiger partial charge in [0.15, 0.2) is 0 Å². The molecule has 1 aromatic rings. The zero-order chi connectivity index (χ0) is 12.8. The lowest BCUT2D eigenvalue weighted by atomic mass is 10.1. The van der Waals surface area contributed by atoms with E-state index in [4.69, 9.17) is 16.3 Å². The highest BCUT2D eigenvalue weighted by Gasteiger charge is 2.22. The number of carbonyl (C=O) groups is 1. The Hall–Kier alpha value is -1.06. The normalized spacial score (nSPS) is 12.5. The fourth-order valence-electron chi connectivity index (χ4n) is 1.51. The van der Waals surface area contributed by atoms with Crippen molar-refractivity contribution in [3.63, 3.8) is 0 Å². The third-order valence-electron chi connectivity index (χ3n) is 2.23. The smallest absolute Gasteiger partial charge is 0.327 e. The van der Waals surface area contributed by atoms with Crippen LogP contribution in [0.5, 0.6) is 0 Å². The monoisotopic (exact) mass is 255 g/mol. The molecule has 0 saturated heterocycles. The van der Waals surface area contributed by atoms with Gasteiger partial charge < -0.3 is 4.74 Å². The third-order valence-corrected chi connectivity index (χ3v) is 2.48. The zero-order valence-corrected chi connectivity index (χ0v) is 11.1. The predicted molar refractivity (Wildman–Crippen MR) is 69.1 cm³/mol. The van der Waals surface area contributed by atoms with Gasteiger partial charge in [-0.25, -0.2) is 4.79 Å². The van der Waals surface area contributed by atoms with Gasteiger partial charge in [-0.05, 0) is 38.5 Å². The molecule has 4 heteroatoms. The van der Waals surface area contributed by atoms with Crippen molar-refractivity contribution < 1.29 is 9.53 Å². The highest BCUT2D eigenvalue weighted by Crippen LogP contribution is 2.18. The first-order valence-corrected chi connectivity index (χ1v) is 6.10. The summed E-state index contributed by atoms with van der Waals surface area (Å²) in [5.41, 5.74) is 0.863. The number of hydrogen-bond acceptors (Lipinski definition) is 3. The minimum absolute atomic E-state index is 0.195. The number of rotatable bonds is 5. The SMILES string of the molecule is CCOC(=O)C(NC(C)C)c1ccc(Cl)cc1. The molecule has 0 bridgehead atoms. The van der Waals surface area contributed by atoms with Gasteiger partial charge in [-0.2, -0.15) is 0 Å². The van der Waals surface area contributed by atoms with Gasteiger partial charge in [-0.1, -0.05) is 23.7 Å². The Bertz CT molecular complexity index is 362. The molecule has 17 heavy (non-hydrogen) atoms. The van der Waals surface area contributed by atoms with E-state index < -0.39 is 6.04 Å². The molecular formula is C13H18ClNO2. The Morgan fingerprint density at radius 2 is 1.94 bits per heavy atom. The molecule has 1 N–H and O–H groups in total. The average Bonchev–Trinajstić information content (AvgIpc) is 2.27. The van der Waals surface area contributed by atoms with Crippen LogP contribution in [0, 0.1) is 0 Å². The first-order valence-electron chi connectivity index (χ1n) is 5.72. The lowest BCUT2D eigenvalue weighted by Crippen LogP contribution is -2.34. The van der Waals surface area contributed by atoms with Crippen molar-refractivity contribution in [3.8, 4) is 0 Å². The standard InChI is InChI=1S/C13H18ClNO2/c1-4-17-13(16)12(15-9(2)3)10-5-7-11(14)8-6-10/h5-9,12,15H,4H2,1-3H3. The van der Waals surface area contributed by atoms with Crippen LogP contribution in [0.4, 0.5) is 0 Å². The lowest BCUT2D eigenvalue weighted by Gasteiger charge is -2.20. The molecule has 0 radical (unpaired) electrons. The fourth-order valence-corrected chi connectivity index (χ4v) is 1.64. The lowest BCUT2D eigenvalue weighted by molar-refractivity contribution is -0.146. The number of esters is 1. The summed E-state index contributed by atoms with van der Waals surface area (Å²) in [6.45, 7) is 6.15. The summed E-state index contributed by atoms with van der Waals surface area (Å²) in [7, 11) is 0. The second-order valence-corrected chi connectivity index (χ2v) is 4.49. The molecule has 1 unspecified atom stereocenters. The molecule has 1 rings (SSSR count). The number of nitrogens with one attached hydrogen (secondary N) is 1. The Kier molecular flexibility index (Phi) is 5.45. The highest BCUT2D eigenvalue weighted by atomic mass is 35.5. The van der Waals surface area contributed by atoms with E-state index in [2.05, 4.69) is 5.32 Å². The third kappa shape index (κ3) is 4.36. The van der Waals surface area contributed by atoms with Crippen molar-refractivity contribution in [2.75, 3.05) is 6.61 Å². The van der Waals surface area contributed by atoms with E-state index in [0.717, 1.165) is 5.56 Å². The van der Waals surface area contributed by atoms with Crippen LogP contribution in [0.25, 0.3) is 0 Å². The maximum atomic E-state index is 11.8. The summed E-state index contributed by atoms with van der Waals surface area (Å²) < 4.78 is 5.06. The van der Waals surface area contributed by atoms with E-state index >= 15 is 0 Å². The number of ether oxygens (including phenoxy) is 1. The highest BCUT2D eigenvalue weighted by molar-refractivity contribution is 6.30. The summed E-state index contributed by atoms with van der Waals surface area (Å²) in [5, 5.41) is 3.84. The minimum atomic E-state index is -0.438. The van der Waals surface area contributed by atoms with Crippen LogP contribution in [0.15, 0.2) is 24.3 Å². The van der Waals surface area contributed by atoms with E-state index in [9.17, 15) is 4.79 Å². The minimum Gasteiger partial charge on any atom is -0.465 e. The van der Waals surface area contributed by atoms with Crippen LogP contribution >= 0.6 is 11.6 Å². The van der Waals surface area contributed by atoms with E-state index in [-0.39, 0.29) is 12.0 Å². The predicted octanol–water partition coefficient (Wildman–Crippen LogP) is 2.94. The van der Waals surface area contributed by atoms with Crippen LogP contribution in [-0.4, -0.2) is 18.6 Å². The van der Waals surface area contributed by atoms with Crippen molar-refractivity contribution >= 4 is 17.6 Å². The van der Waals surface area contributed by atoms with Gasteiger partial charge in [-0.3, -0.25) is 5.32 Å². The molecule has 0 heterocycles. The van der Waals surface area contributed by atoms with Crippen molar-refractivity contribution in [1.29, 1.82) is 0 Å². The van der Waals surface area contributed by atoms with Crippen LogP contribution in [0.1, 0.15) is 32.4 Å². The molecule has 0 aliphatic heterocycles. The largest absolute Gasteiger partial charge is 0.465 e. The molecule has 3 nitrogen and oxygen atoms in total.